The monoisotopic (exact) mass is 490 g/mol. The molecule has 10 heteroatoms. The van der Waals surface area contributed by atoms with Crippen molar-refractivity contribution < 1.29 is 22.7 Å². The lowest BCUT2D eigenvalue weighted by Gasteiger charge is -2.26. The minimum absolute atomic E-state index is 0.0405. The maximum Gasteiger partial charge on any atom is 0.247 e. The van der Waals surface area contributed by atoms with Crippen LogP contribution in [0, 0.1) is 0 Å². The Labute approximate surface area is 177 Å². The molecule has 2 saturated heterocycles. The first-order valence-corrected chi connectivity index (χ1v) is 12.7. The number of amides is 1. The lowest BCUT2D eigenvalue weighted by Crippen LogP contribution is -2.37. The zero-order chi connectivity index (χ0) is 20.5. The fourth-order valence-electron chi connectivity index (χ4n) is 3.29. The highest BCUT2D eigenvalue weighted by atomic mass is 79.9. The van der Waals surface area contributed by atoms with Gasteiger partial charge in [0, 0.05) is 23.4 Å². The summed E-state index contributed by atoms with van der Waals surface area (Å²) in [6.45, 7) is 6.47. The highest BCUT2D eigenvalue weighted by molar-refractivity contribution is 9.10. The van der Waals surface area contributed by atoms with Gasteiger partial charge in [-0.1, -0.05) is 18.7 Å². The number of hydrogen-bond donors (Lipinski definition) is 0. The van der Waals surface area contributed by atoms with Crippen LogP contribution in [0.15, 0.2) is 21.6 Å². The van der Waals surface area contributed by atoms with Crippen LogP contribution in [0.1, 0.15) is 27.2 Å². The van der Waals surface area contributed by atoms with Crippen molar-refractivity contribution in [1.29, 1.82) is 0 Å². The molecule has 3 rings (SSSR count). The first kappa shape index (κ1) is 21.4. The Balaban J connectivity index is 2.08. The summed E-state index contributed by atoms with van der Waals surface area (Å²) in [7, 11) is -3.12. The zero-order valence-corrected chi connectivity index (χ0v) is 19.2. The van der Waals surface area contributed by atoms with E-state index >= 15 is 0 Å². The molecule has 2 heterocycles. The number of anilines is 1. The van der Waals surface area contributed by atoms with Gasteiger partial charge in [0.25, 0.3) is 0 Å². The topological polar surface area (TPSA) is 85.3 Å². The van der Waals surface area contributed by atoms with Crippen molar-refractivity contribution in [2.45, 2.75) is 38.5 Å². The minimum atomic E-state index is -3.12. The molecule has 2 fully saturated rings. The summed E-state index contributed by atoms with van der Waals surface area (Å²) in [6.07, 6.45) is 0.294. The van der Waals surface area contributed by atoms with Crippen molar-refractivity contribution in [2.75, 3.05) is 29.6 Å². The molecular weight excluding hydrogens is 468 g/mol. The van der Waals surface area contributed by atoms with Gasteiger partial charge < -0.3 is 14.4 Å². The van der Waals surface area contributed by atoms with Crippen molar-refractivity contribution >= 4 is 54.3 Å². The minimum Gasteiger partial charge on any atom is -0.490 e. The van der Waals surface area contributed by atoms with E-state index in [2.05, 4.69) is 20.9 Å². The molecule has 0 bridgehead atoms. The van der Waals surface area contributed by atoms with Crippen molar-refractivity contribution in [1.82, 2.24) is 0 Å². The van der Waals surface area contributed by atoms with Gasteiger partial charge in [-0.15, -0.1) is 0 Å². The molecule has 154 valence electrons. The number of aliphatic imine (C=N–C) groups is 1. The van der Waals surface area contributed by atoms with E-state index in [4.69, 9.17) is 9.47 Å². The van der Waals surface area contributed by atoms with E-state index in [0.29, 0.717) is 40.8 Å². The number of sulfone groups is 1. The molecule has 1 aromatic carbocycles. The molecule has 0 aromatic heterocycles. The highest BCUT2D eigenvalue weighted by Crippen LogP contribution is 2.45. The van der Waals surface area contributed by atoms with Crippen molar-refractivity contribution in [3.05, 3.63) is 16.6 Å². The second-order valence-corrected chi connectivity index (χ2v) is 10.6. The predicted molar refractivity (Wildman–Crippen MR) is 116 cm³/mol. The molecule has 0 spiro atoms. The number of thioether (sulfide) groups is 1. The number of ether oxygens (including phenoxy) is 2. The van der Waals surface area contributed by atoms with Crippen LogP contribution in [0.25, 0.3) is 0 Å². The number of hydrogen-bond acceptors (Lipinski definition) is 6. The predicted octanol–water partition coefficient (Wildman–Crippen LogP) is 3.26. The summed E-state index contributed by atoms with van der Waals surface area (Å²) in [5.41, 5.74) is 0.721. The third-order valence-electron chi connectivity index (χ3n) is 4.45. The fraction of sp³-hybridized carbons (Fsp3) is 0.556. The summed E-state index contributed by atoms with van der Waals surface area (Å²) in [5, 5.41) is 0.393. The lowest BCUT2D eigenvalue weighted by atomic mass is 10.2. The van der Waals surface area contributed by atoms with E-state index in [-0.39, 0.29) is 28.7 Å². The summed E-state index contributed by atoms with van der Waals surface area (Å²) in [4.78, 5) is 18.1. The largest absolute Gasteiger partial charge is 0.490 e. The molecule has 2 aliphatic rings. The number of rotatable bonds is 6. The number of carbonyl (C=O) groups is 1. The SMILES string of the molecule is CCOc1cc(N2C(=NC(=O)CC)S[C@@H]3CS(=O)(=O)C[C@H]32)cc(Br)c1OCC. The molecule has 2 aliphatic heterocycles. The van der Waals surface area contributed by atoms with Crippen molar-refractivity contribution in [3.8, 4) is 11.5 Å². The summed E-state index contributed by atoms with van der Waals surface area (Å²) in [6, 6.07) is 3.41. The molecule has 0 aliphatic carbocycles. The molecule has 0 radical (unpaired) electrons. The Morgan fingerprint density at radius 3 is 2.61 bits per heavy atom. The molecule has 1 amide bonds. The van der Waals surface area contributed by atoms with Crippen molar-refractivity contribution in [3.63, 3.8) is 0 Å². The normalized spacial score (nSPS) is 24.4. The molecule has 0 saturated carbocycles. The Bertz CT molecular complexity index is 903. The quantitative estimate of drug-likeness (QED) is 0.604. The second kappa shape index (κ2) is 8.62. The first-order valence-electron chi connectivity index (χ1n) is 9.16. The number of nitrogens with zero attached hydrogens (tertiary/aromatic N) is 2. The van der Waals surface area contributed by atoms with Crippen LogP contribution in [0.3, 0.4) is 0 Å². The van der Waals surface area contributed by atoms with E-state index in [9.17, 15) is 13.2 Å². The number of fused-ring (bicyclic) bond motifs is 1. The third kappa shape index (κ3) is 4.33. The van der Waals surface area contributed by atoms with E-state index in [0.717, 1.165) is 5.69 Å². The number of benzene rings is 1. The van der Waals surface area contributed by atoms with Gasteiger partial charge in [0.1, 0.15) is 0 Å². The molecule has 0 N–H and O–H groups in total. The Morgan fingerprint density at radius 1 is 1.25 bits per heavy atom. The van der Waals surface area contributed by atoms with Gasteiger partial charge in [0.05, 0.1) is 35.2 Å². The summed E-state index contributed by atoms with van der Waals surface area (Å²) < 4.78 is 36.5. The van der Waals surface area contributed by atoms with Gasteiger partial charge >= 0.3 is 0 Å². The van der Waals surface area contributed by atoms with E-state index in [1.165, 1.54) is 11.8 Å². The maximum atomic E-state index is 12.2. The van der Waals surface area contributed by atoms with E-state index < -0.39 is 9.84 Å². The van der Waals surface area contributed by atoms with Gasteiger partial charge in [-0.05, 0) is 35.8 Å². The fourth-order valence-corrected chi connectivity index (χ4v) is 7.77. The third-order valence-corrected chi connectivity index (χ3v) is 8.25. The molecular formula is C18H23BrN2O5S2. The van der Waals surface area contributed by atoms with Crippen LogP contribution in [0.2, 0.25) is 0 Å². The standard InChI is InChI=1S/C18H23BrN2O5S2/c1-4-16(22)20-18-21(13-9-28(23,24)10-15(13)27-18)11-7-12(19)17(26-6-3)14(8-11)25-5-2/h7-8,13,15H,4-6,9-10H2,1-3H3/t13-,15-/m1/s1. The summed E-state index contributed by atoms with van der Waals surface area (Å²) in [5.74, 6) is 1.06. The molecule has 0 unspecified atom stereocenters. The molecule has 2 atom stereocenters. The van der Waals surface area contributed by atoms with E-state index in [1.807, 2.05) is 30.9 Å². The molecule has 1 aromatic rings. The van der Waals surface area contributed by atoms with Gasteiger partial charge in [0.2, 0.25) is 5.91 Å². The van der Waals surface area contributed by atoms with Gasteiger partial charge in [-0.2, -0.15) is 4.99 Å². The number of carbonyl (C=O) groups excluding carboxylic acids is 1. The van der Waals surface area contributed by atoms with Crippen LogP contribution in [0.5, 0.6) is 11.5 Å². The van der Waals surface area contributed by atoms with Gasteiger partial charge in [-0.3, -0.25) is 4.79 Å². The summed E-state index contributed by atoms with van der Waals surface area (Å²) >= 11 is 4.89. The maximum absolute atomic E-state index is 12.2. The zero-order valence-electron chi connectivity index (χ0n) is 16.0. The Morgan fingerprint density at radius 2 is 1.96 bits per heavy atom. The van der Waals surface area contributed by atoms with Crippen LogP contribution in [0.4, 0.5) is 5.69 Å². The van der Waals surface area contributed by atoms with Gasteiger partial charge in [0.15, 0.2) is 26.5 Å². The second-order valence-electron chi connectivity index (χ2n) is 6.43. The highest BCUT2D eigenvalue weighted by Gasteiger charge is 2.49. The molecule has 28 heavy (non-hydrogen) atoms. The van der Waals surface area contributed by atoms with Gasteiger partial charge in [-0.25, -0.2) is 8.42 Å². The Kier molecular flexibility index (Phi) is 6.61. The van der Waals surface area contributed by atoms with Crippen LogP contribution < -0.4 is 14.4 Å². The average Bonchev–Trinajstić information content (AvgIpc) is 3.08. The van der Waals surface area contributed by atoms with Crippen molar-refractivity contribution in [2.24, 2.45) is 4.99 Å². The van der Waals surface area contributed by atoms with Crippen LogP contribution in [-0.4, -0.2) is 55.5 Å². The first-order chi connectivity index (χ1) is 13.3. The van der Waals surface area contributed by atoms with Crippen LogP contribution >= 0.6 is 27.7 Å². The van der Waals surface area contributed by atoms with E-state index in [1.54, 1.807) is 6.92 Å². The number of halogens is 1. The smallest absolute Gasteiger partial charge is 0.247 e. The lowest BCUT2D eigenvalue weighted by molar-refractivity contribution is -0.117. The van der Waals surface area contributed by atoms with Crippen LogP contribution in [-0.2, 0) is 14.6 Å². The average molecular weight is 491 g/mol. The molecule has 7 nitrogen and oxygen atoms in total. The number of amidine groups is 1. The Hall–Kier alpha value is -1.26.